The predicted octanol–water partition coefficient (Wildman–Crippen LogP) is 1.65. The molecule has 0 fully saturated rings. The molecule has 0 saturated carbocycles. The topological polar surface area (TPSA) is 29.5 Å². The fourth-order valence-corrected chi connectivity index (χ4v) is 0.622. The van der Waals surface area contributed by atoms with Crippen molar-refractivity contribution in [3.63, 3.8) is 0 Å². The zero-order chi connectivity index (χ0) is 10.3. The minimum Gasteiger partial charge on any atom is -0.461 e. The first kappa shape index (κ1) is 11.8. The van der Waals surface area contributed by atoms with Gasteiger partial charge in [-0.2, -0.15) is 0 Å². The van der Waals surface area contributed by atoms with Crippen LogP contribution >= 0.6 is 0 Å². The second-order valence-electron chi connectivity index (χ2n) is 1.86. The van der Waals surface area contributed by atoms with Crippen LogP contribution < -0.4 is 4.74 Å². The van der Waals surface area contributed by atoms with E-state index in [2.05, 4.69) is 12.8 Å². The number of hydrogen-bond donors (Lipinski definition) is 1. The standard InChI is InChI=1S/C7H5F3O.BHO/c8-7(9,10)11-6-4-2-1-3-5-6;1-2/h1-5H;2H. The van der Waals surface area contributed by atoms with Crippen molar-refractivity contribution in [3.05, 3.63) is 30.3 Å². The number of alkyl halides is 3. The Balaban J connectivity index is 0.000000671. The van der Waals surface area contributed by atoms with Crippen molar-refractivity contribution < 1.29 is 22.9 Å². The average molecular weight is 190 g/mol. The molecule has 0 amide bonds. The van der Waals surface area contributed by atoms with E-state index in [9.17, 15) is 13.2 Å². The van der Waals surface area contributed by atoms with E-state index in [0.29, 0.717) is 0 Å². The van der Waals surface area contributed by atoms with Crippen LogP contribution in [0.4, 0.5) is 13.2 Å². The summed E-state index contributed by atoms with van der Waals surface area (Å²) in [5, 5.41) is 6.50. The maximum atomic E-state index is 11.5. The Kier molecular flexibility index (Phi) is 4.98. The van der Waals surface area contributed by atoms with Gasteiger partial charge in [0, 0.05) is 0 Å². The molecule has 0 spiro atoms. The number of hydrogen-bond acceptors (Lipinski definition) is 2. The molecule has 6 heteroatoms. The Bertz CT molecular complexity index is 225. The van der Waals surface area contributed by atoms with Crippen LogP contribution in [0.2, 0.25) is 0 Å². The highest BCUT2D eigenvalue weighted by Crippen LogP contribution is 2.21. The SMILES string of the molecule is FC(F)(F)Oc1ccccc1.[B]O. The summed E-state index contributed by atoms with van der Waals surface area (Å²) in [5.74, 6) is -0.194. The highest BCUT2D eigenvalue weighted by molar-refractivity contribution is 5.95. The quantitative estimate of drug-likeness (QED) is 0.682. The highest BCUT2D eigenvalue weighted by atomic mass is 19.4. The van der Waals surface area contributed by atoms with E-state index in [1.165, 1.54) is 24.3 Å². The molecule has 0 bridgehead atoms. The zero-order valence-corrected chi connectivity index (χ0v) is 6.45. The maximum absolute atomic E-state index is 11.5. The van der Waals surface area contributed by atoms with Gasteiger partial charge in [0.05, 0.1) is 0 Å². The highest BCUT2D eigenvalue weighted by Gasteiger charge is 2.30. The molecular weight excluding hydrogens is 184 g/mol. The van der Waals surface area contributed by atoms with Crippen LogP contribution in [0.5, 0.6) is 5.75 Å². The molecule has 1 aromatic rings. The van der Waals surface area contributed by atoms with Crippen LogP contribution in [0, 0.1) is 0 Å². The van der Waals surface area contributed by atoms with Crippen LogP contribution in [0.15, 0.2) is 30.3 Å². The Morgan fingerprint density at radius 1 is 1.08 bits per heavy atom. The molecule has 0 aliphatic heterocycles. The Hall–Kier alpha value is -1.17. The smallest absolute Gasteiger partial charge is 0.461 e. The molecule has 1 rings (SSSR count). The van der Waals surface area contributed by atoms with E-state index in [4.69, 9.17) is 5.02 Å². The summed E-state index contributed by atoms with van der Waals surface area (Å²) in [6, 6.07) is 7.05. The molecule has 70 valence electrons. The summed E-state index contributed by atoms with van der Waals surface area (Å²) in [5.41, 5.74) is 0. The minimum atomic E-state index is -4.60. The number of para-hydroxylation sites is 1. The first-order valence-electron chi connectivity index (χ1n) is 3.14. The fourth-order valence-electron chi connectivity index (χ4n) is 0.622. The lowest BCUT2D eigenvalue weighted by Gasteiger charge is -2.07. The Morgan fingerprint density at radius 3 is 1.92 bits per heavy atom. The predicted molar refractivity (Wildman–Crippen MR) is 41.1 cm³/mol. The summed E-state index contributed by atoms with van der Waals surface area (Å²) in [6.45, 7) is 0. The van der Waals surface area contributed by atoms with E-state index >= 15 is 0 Å². The maximum Gasteiger partial charge on any atom is 0.573 e. The van der Waals surface area contributed by atoms with Gasteiger partial charge < -0.3 is 9.76 Å². The third kappa shape index (κ3) is 6.04. The molecule has 1 N–H and O–H groups in total. The van der Waals surface area contributed by atoms with Crippen molar-refractivity contribution in [3.8, 4) is 5.75 Å². The van der Waals surface area contributed by atoms with E-state index in [0.717, 1.165) is 0 Å². The Morgan fingerprint density at radius 2 is 1.54 bits per heavy atom. The third-order valence-corrected chi connectivity index (χ3v) is 0.977. The molecule has 0 aliphatic rings. The summed E-state index contributed by atoms with van der Waals surface area (Å²) in [6.07, 6.45) is -4.60. The summed E-state index contributed by atoms with van der Waals surface area (Å²) in [7, 11) is 3.50. The largest absolute Gasteiger partial charge is 0.573 e. The van der Waals surface area contributed by atoms with Crippen LogP contribution in [0.25, 0.3) is 0 Å². The van der Waals surface area contributed by atoms with Gasteiger partial charge in [-0.1, -0.05) is 18.2 Å². The van der Waals surface area contributed by atoms with E-state index in [1.54, 1.807) is 6.07 Å². The molecule has 0 heterocycles. The van der Waals surface area contributed by atoms with Crippen LogP contribution in [-0.2, 0) is 0 Å². The summed E-state index contributed by atoms with van der Waals surface area (Å²) in [4.78, 5) is 0. The molecule has 0 unspecified atom stereocenters. The Labute approximate surface area is 74.4 Å². The van der Waals surface area contributed by atoms with Gasteiger partial charge in [-0.05, 0) is 12.1 Å². The molecule has 2 radical (unpaired) electrons. The van der Waals surface area contributed by atoms with Crippen LogP contribution in [0.1, 0.15) is 0 Å². The van der Waals surface area contributed by atoms with Crippen molar-refractivity contribution in [2.45, 2.75) is 6.36 Å². The van der Waals surface area contributed by atoms with Gasteiger partial charge in [0.2, 0.25) is 0 Å². The number of halogens is 3. The third-order valence-electron chi connectivity index (χ3n) is 0.977. The van der Waals surface area contributed by atoms with Crippen molar-refractivity contribution >= 4 is 8.05 Å². The number of rotatable bonds is 1. The van der Waals surface area contributed by atoms with Gasteiger partial charge in [0.1, 0.15) is 5.75 Å². The molecule has 0 aliphatic carbocycles. The monoisotopic (exact) mass is 190 g/mol. The second kappa shape index (κ2) is 5.48. The normalized spacial score (nSPS) is 9.85. The van der Waals surface area contributed by atoms with E-state index in [-0.39, 0.29) is 5.75 Å². The zero-order valence-electron chi connectivity index (χ0n) is 6.45. The molecular formula is C7H6BF3O2. The first-order valence-corrected chi connectivity index (χ1v) is 3.14. The van der Waals surface area contributed by atoms with Crippen molar-refractivity contribution in [1.82, 2.24) is 0 Å². The van der Waals surface area contributed by atoms with Crippen LogP contribution in [0.3, 0.4) is 0 Å². The molecule has 0 aromatic heterocycles. The summed E-state index contributed by atoms with van der Waals surface area (Å²) < 4.78 is 38.2. The van der Waals surface area contributed by atoms with Crippen molar-refractivity contribution in [2.24, 2.45) is 0 Å². The molecule has 13 heavy (non-hydrogen) atoms. The molecule has 2 nitrogen and oxygen atoms in total. The summed E-state index contributed by atoms with van der Waals surface area (Å²) >= 11 is 0. The van der Waals surface area contributed by atoms with E-state index < -0.39 is 6.36 Å². The van der Waals surface area contributed by atoms with Gasteiger partial charge in [-0.25, -0.2) is 0 Å². The average Bonchev–Trinajstić information content (AvgIpc) is 2.07. The lowest BCUT2D eigenvalue weighted by Crippen LogP contribution is -2.16. The first-order chi connectivity index (χ1) is 6.08. The van der Waals surface area contributed by atoms with Crippen LogP contribution in [-0.4, -0.2) is 19.4 Å². The minimum absolute atomic E-state index is 0.194. The fraction of sp³-hybridized carbons (Fsp3) is 0.143. The van der Waals surface area contributed by atoms with Crippen molar-refractivity contribution in [2.75, 3.05) is 0 Å². The lowest BCUT2D eigenvalue weighted by molar-refractivity contribution is -0.274. The lowest BCUT2D eigenvalue weighted by atomic mass is 10.3. The number of benzene rings is 1. The van der Waals surface area contributed by atoms with Gasteiger partial charge >= 0.3 is 6.36 Å². The second-order valence-corrected chi connectivity index (χ2v) is 1.86. The number of ether oxygens (including phenoxy) is 1. The van der Waals surface area contributed by atoms with Gasteiger partial charge in [-0.3, -0.25) is 0 Å². The van der Waals surface area contributed by atoms with Gasteiger partial charge in [0.25, 0.3) is 8.05 Å². The van der Waals surface area contributed by atoms with E-state index in [1.807, 2.05) is 0 Å². The van der Waals surface area contributed by atoms with Crippen molar-refractivity contribution in [1.29, 1.82) is 0 Å². The molecule has 0 saturated heterocycles. The van der Waals surface area contributed by atoms with Gasteiger partial charge in [-0.15, -0.1) is 13.2 Å². The van der Waals surface area contributed by atoms with Gasteiger partial charge in [0.15, 0.2) is 0 Å². The molecule has 1 aromatic carbocycles. The molecule has 0 atom stereocenters.